The summed E-state index contributed by atoms with van der Waals surface area (Å²) in [6.45, 7) is 0. The molecule has 0 aliphatic heterocycles. The Labute approximate surface area is 56.6 Å². The van der Waals surface area contributed by atoms with Crippen molar-refractivity contribution in [2.45, 2.75) is 0 Å². The van der Waals surface area contributed by atoms with Gasteiger partial charge in [0.25, 0.3) is 0 Å². The minimum absolute atomic E-state index is 0.170. The molecule has 0 aromatic heterocycles. The molecule has 0 heterocycles. The zero-order chi connectivity index (χ0) is 7.98. The second-order valence-corrected chi connectivity index (χ2v) is 1.25. The summed E-state index contributed by atoms with van der Waals surface area (Å²) in [5, 5.41) is 24.2. The van der Waals surface area contributed by atoms with Gasteiger partial charge < -0.3 is 0 Å². The van der Waals surface area contributed by atoms with Gasteiger partial charge in [-0.15, -0.1) is 0 Å². The van der Waals surface area contributed by atoms with Gasteiger partial charge in [-0.05, 0) is 5.87 Å². The number of hydrogen-bond donors (Lipinski definition) is 1. The second kappa shape index (κ2) is 4.01. The zero-order valence-electron chi connectivity index (χ0n) is 4.87. The fourth-order valence-electron chi connectivity index (χ4n) is 0.242. The molecule has 0 atom stereocenters. The van der Waals surface area contributed by atoms with Crippen LogP contribution in [0.15, 0.2) is 17.8 Å². The van der Waals surface area contributed by atoms with E-state index in [1.807, 2.05) is 0 Å². The Morgan fingerprint density at radius 2 is 2.40 bits per heavy atom. The van der Waals surface area contributed by atoms with E-state index < -0.39 is 4.92 Å². The van der Waals surface area contributed by atoms with Crippen LogP contribution < -0.4 is 0 Å². The molecule has 0 saturated carbocycles. The standard InChI is InChI=1S/C5H3N3O2/c6-3-5(4-7)1-2-8(9)10/h1-2,6H/b2-1+. The van der Waals surface area contributed by atoms with Crippen LogP contribution in [0.3, 0.4) is 0 Å². The van der Waals surface area contributed by atoms with Gasteiger partial charge in [-0.1, -0.05) is 0 Å². The van der Waals surface area contributed by atoms with Crippen molar-refractivity contribution in [2.24, 2.45) is 0 Å². The molecule has 5 heteroatoms. The van der Waals surface area contributed by atoms with Gasteiger partial charge in [-0.25, -0.2) is 0 Å². The highest BCUT2D eigenvalue weighted by atomic mass is 16.6. The maximum atomic E-state index is 9.64. The zero-order valence-corrected chi connectivity index (χ0v) is 4.87. The molecule has 0 rings (SSSR count). The Morgan fingerprint density at radius 1 is 1.80 bits per heavy atom. The molecule has 0 aromatic carbocycles. The van der Waals surface area contributed by atoms with Gasteiger partial charge in [-0.3, -0.25) is 15.5 Å². The van der Waals surface area contributed by atoms with Crippen molar-refractivity contribution in [1.29, 1.82) is 10.7 Å². The molecule has 0 bridgehead atoms. The Hall–Kier alpha value is -1.92. The highest BCUT2D eigenvalue weighted by molar-refractivity contribution is 5.64. The van der Waals surface area contributed by atoms with E-state index in [1.165, 1.54) is 6.07 Å². The van der Waals surface area contributed by atoms with Crippen molar-refractivity contribution in [3.8, 4) is 6.07 Å². The maximum Gasteiger partial charge on any atom is 0.236 e. The van der Waals surface area contributed by atoms with E-state index >= 15 is 0 Å². The van der Waals surface area contributed by atoms with E-state index in [0.717, 1.165) is 6.08 Å². The first kappa shape index (κ1) is 8.08. The molecule has 50 valence electrons. The molecular weight excluding hydrogens is 134 g/mol. The molecule has 0 fully saturated rings. The molecular formula is C5H3N3O2. The van der Waals surface area contributed by atoms with Crippen LogP contribution in [-0.2, 0) is 0 Å². The molecule has 5 nitrogen and oxygen atoms in total. The Kier molecular flexibility index (Phi) is 3.24. The third-order valence-corrected chi connectivity index (χ3v) is 0.618. The van der Waals surface area contributed by atoms with E-state index in [9.17, 15) is 10.1 Å². The smallest absolute Gasteiger partial charge is 0.236 e. The average Bonchev–Trinajstić information content (AvgIpc) is 1.90. The summed E-state index contributed by atoms with van der Waals surface area (Å²) >= 11 is 0. The molecule has 0 aliphatic rings. The number of nitriles is 1. The minimum Gasteiger partial charge on any atom is -0.259 e. The lowest BCUT2D eigenvalue weighted by Crippen LogP contribution is -1.83. The van der Waals surface area contributed by atoms with Gasteiger partial charge in [-0.2, -0.15) is 5.26 Å². The normalized spacial score (nSPS) is 8.30. The van der Waals surface area contributed by atoms with Gasteiger partial charge in [0.05, 0.1) is 4.92 Å². The van der Waals surface area contributed by atoms with Crippen LogP contribution >= 0.6 is 0 Å². The van der Waals surface area contributed by atoms with E-state index in [0.29, 0.717) is 6.20 Å². The highest BCUT2D eigenvalue weighted by Crippen LogP contribution is 1.86. The first-order valence-electron chi connectivity index (χ1n) is 2.22. The van der Waals surface area contributed by atoms with Crippen LogP contribution in [0.5, 0.6) is 0 Å². The summed E-state index contributed by atoms with van der Waals surface area (Å²) in [5.41, 5.74) is -0.170. The summed E-state index contributed by atoms with van der Waals surface area (Å²) in [5.74, 6) is 1.72. The topological polar surface area (TPSA) is 90.8 Å². The lowest BCUT2D eigenvalue weighted by molar-refractivity contribution is -0.402. The molecule has 0 aromatic rings. The fourth-order valence-corrected chi connectivity index (χ4v) is 0.242. The first-order chi connectivity index (χ1) is 4.70. The number of nitrogens with one attached hydrogen (secondary N) is 1. The van der Waals surface area contributed by atoms with E-state index in [1.54, 1.807) is 5.87 Å². The molecule has 0 unspecified atom stereocenters. The number of hydrogen-bond acceptors (Lipinski definition) is 4. The van der Waals surface area contributed by atoms with Crippen LogP contribution in [0.25, 0.3) is 0 Å². The van der Waals surface area contributed by atoms with Gasteiger partial charge in [0, 0.05) is 6.08 Å². The lowest BCUT2D eigenvalue weighted by Gasteiger charge is -1.75. The van der Waals surface area contributed by atoms with Crippen molar-refractivity contribution in [2.75, 3.05) is 0 Å². The molecule has 0 saturated heterocycles. The van der Waals surface area contributed by atoms with Crippen molar-refractivity contribution in [3.63, 3.8) is 0 Å². The average molecular weight is 137 g/mol. The molecule has 1 N–H and O–H groups in total. The Balaban J connectivity index is 4.31. The summed E-state index contributed by atoms with van der Waals surface area (Å²) in [4.78, 5) is 8.93. The summed E-state index contributed by atoms with van der Waals surface area (Å²) in [6, 6.07) is 1.53. The van der Waals surface area contributed by atoms with E-state index in [4.69, 9.17) is 10.7 Å². The van der Waals surface area contributed by atoms with Gasteiger partial charge in [0.15, 0.2) is 0 Å². The SMILES string of the molecule is N#CC(=C=N)/C=C/[N+](=O)[O-]. The quantitative estimate of drug-likeness (QED) is 0.197. The van der Waals surface area contributed by atoms with E-state index in [-0.39, 0.29) is 5.57 Å². The summed E-state index contributed by atoms with van der Waals surface area (Å²) in [7, 11) is 0. The van der Waals surface area contributed by atoms with Crippen molar-refractivity contribution in [3.05, 3.63) is 28.0 Å². The van der Waals surface area contributed by atoms with Crippen molar-refractivity contribution in [1.82, 2.24) is 0 Å². The van der Waals surface area contributed by atoms with Crippen LogP contribution in [0, 0.1) is 26.9 Å². The monoisotopic (exact) mass is 137 g/mol. The van der Waals surface area contributed by atoms with Gasteiger partial charge in [0.1, 0.15) is 11.6 Å². The van der Waals surface area contributed by atoms with Crippen LogP contribution in [0.4, 0.5) is 0 Å². The van der Waals surface area contributed by atoms with Gasteiger partial charge >= 0.3 is 0 Å². The number of nitro groups is 1. The summed E-state index contributed by atoms with van der Waals surface area (Å²) < 4.78 is 0. The van der Waals surface area contributed by atoms with Gasteiger partial charge in [0.2, 0.25) is 6.20 Å². The third kappa shape index (κ3) is 3.13. The number of rotatable bonds is 2. The van der Waals surface area contributed by atoms with Crippen molar-refractivity contribution < 1.29 is 4.92 Å². The number of allylic oxidation sites excluding steroid dienone is 2. The van der Waals surface area contributed by atoms with Crippen molar-refractivity contribution >= 4 is 5.87 Å². The lowest BCUT2D eigenvalue weighted by atomic mass is 10.3. The third-order valence-electron chi connectivity index (χ3n) is 0.618. The minimum atomic E-state index is -0.714. The Bertz CT molecular complexity index is 255. The largest absolute Gasteiger partial charge is 0.259 e. The molecule has 0 radical (unpaired) electrons. The first-order valence-corrected chi connectivity index (χ1v) is 2.22. The predicted octanol–water partition coefficient (Wildman–Crippen LogP) is 0.475. The highest BCUT2D eigenvalue weighted by Gasteiger charge is 1.89. The molecule has 0 amide bonds. The van der Waals surface area contributed by atoms with Crippen LogP contribution in [0.2, 0.25) is 0 Å². The molecule has 0 aliphatic carbocycles. The van der Waals surface area contributed by atoms with E-state index in [2.05, 4.69) is 0 Å². The number of nitrogens with zero attached hydrogens (tertiary/aromatic N) is 2. The Morgan fingerprint density at radius 3 is 2.70 bits per heavy atom. The predicted molar refractivity (Wildman–Crippen MR) is 33.0 cm³/mol. The van der Waals surface area contributed by atoms with Crippen LogP contribution in [-0.4, -0.2) is 10.8 Å². The molecule has 10 heavy (non-hydrogen) atoms. The summed E-state index contributed by atoms with van der Waals surface area (Å²) in [6.07, 6.45) is 1.49. The van der Waals surface area contributed by atoms with Crippen LogP contribution in [0.1, 0.15) is 0 Å². The fraction of sp³-hybridized carbons (Fsp3) is 0. The second-order valence-electron chi connectivity index (χ2n) is 1.25. The molecule has 0 spiro atoms. The maximum absolute atomic E-state index is 9.64.